The third kappa shape index (κ3) is 4.93. The summed E-state index contributed by atoms with van der Waals surface area (Å²) in [6.07, 6.45) is 2.34. The molecule has 0 saturated carbocycles. The number of para-hydroxylation sites is 2. The normalized spacial score (nSPS) is 12.3. The number of nitrogens with two attached hydrogens (primary N) is 1. The Bertz CT molecular complexity index is 1000. The minimum absolute atomic E-state index is 0.0134. The molecule has 1 heterocycles. The minimum atomic E-state index is -4.10. The number of nitrogens with zero attached hydrogens (tertiary/aromatic N) is 2. The summed E-state index contributed by atoms with van der Waals surface area (Å²) in [4.78, 5) is 16.0. The van der Waals surface area contributed by atoms with E-state index in [1.54, 1.807) is 48.5 Å². The molecule has 0 saturated heterocycles. The Labute approximate surface area is 156 Å². The molecule has 9 heteroatoms. The van der Waals surface area contributed by atoms with Gasteiger partial charge in [-0.25, -0.2) is 13.8 Å². The Hall–Kier alpha value is -3.17. The summed E-state index contributed by atoms with van der Waals surface area (Å²) in [6, 6.07) is 15.6. The fourth-order valence-corrected chi connectivity index (χ4v) is 3.06. The zero-order valence-electron chi connectivity index (χ0n) is 14.1. The highest BCUT2D eigenvalue weighted by Gasteiger charge is 2.21. The summed E-state index contributed by atoms with van der Waals surface area (Å²) in [7, 11) is -4.10. The highest BCUT2D eigenvalue weighted by atomic mass is 32.2. The Kier molecular flexibility index (Phi) is 5.53. The average Bonchev–Trinajstić information content (AvgIpc) is 3.12. The number of benzene rings is 2. The highest BCUT2D eigenvalue weighted by molar-refractivity contribution is 7.85. The molecule has 0 unspecified atom stereocenters. The van der Waals surface area contributed by atoms with E-state index in [2.05, 4.69) is 4.98 Å². The van der Waals surface area contributed by atoms with Crippen LogP contribution in [0.2, 0.25) is 0 Å². The molecule has 140 valence electrons. The number of aromatic nitrogens is 2. The molecule has 0 radical (unpaired) electrons. The van der Waals surface area contributed by atoms with E-state index < -0.39 is 22.3 Å². The van der Waals surface area contributed by atoms with Crippen molar-refractivity contribution in [2.24, 2.45) is 5.73 Å². The maximum Gasteiger partial charge on any atom is 0.414 e. The lowest BCUT2D eigenvalue weighted by molar-refractivity contribution is -0.135. The highest BCUT2D eigenvalue weighted by Crippen LogP contribution is 2.14. The molecule has 0 fully saturated rings. The fraction of sp³-hybridized carbons (Fsp3) is 0.111. The Morgan fingerprint density at radius 2 is 1.63 bits per heavy atom. The third-order valence-corrected chi connectivity index (χ3v) is 4.63. The van der Waals surface area contributed by atoms with Gasteiger partial charge in [-0.15, -0.1) is 0 Å². The molecule has 1 atom stereocenters. The maximum absolute atomic E-state index is 12.3. The van der Waals surface area contributed by atoms with Crippen LogP contribution in [0.15, 0.2) is 73.2 Å². The predicted octanol–water partition coefficient (Wildman–Crippen LogP) is 1.53. The second kappa shape index (κ2) is 8.02. The van der Waals surface area contributed by atoms with Crippen LogP contribution < -0.4 is 14.7 Å². The molecular weight excluding hydrogens is 370 g/mol. The van der Waals surface area contributed by atoms with E-state index in [0.29, 0.717) is 11.4 Å². The molecule has 0 aliphatic carbocycles. The van der Waals surface area contributed by atoms with Gasteiger partial charge >= 0.3 is 16.3 Å². The van der Waals surface area contributed by atoms with Crippen LogP contribution in [0.4, 0.5) is 0 Å². The number of hydrogen-bond acceptors (Lipinski definition) is 7. The summed E-state index contributed by atoms with van der Waals surface area (Å²) < 4.78 is 35.5. The number of rotatable bonds is 7. The van der Waals surface area contributed by atoms with E-state index in [4.69, 9.17) is 14.7 Å². The number of imidazole rings is 1. The van der Waals surface area contributed by atoms with Crippen molar-refractivity contribution >= 4 is 16.3 Å². The Morgan fingerprint density at radius 1 is 1.04 bits per heavy atom. The molecule has 0 bridgehead atoms. The van der Waals surface area contributed by atoms with Gasteiger partial charge in [-0.3, -0.25) is 0 Å². The third-order valence-electron chi connectivity index (χ3n) is 3.51. The van der Waals surface area contributed by atoms with Crippen LogP contribution in [0, 0.1) is 0 Å². The molecule has 2 N–H and O–H groups in total. The molecule has 27 heavy (non-hydrogen) atoms. The fourth-order valence-electron chi connectivity index (χ4n) is 2.20. The molecule has 2 aromatic carbocycles. The summed E-state index contributed by atoms with van der Waals surface area (Å²) in [6.45, 7) is 0. The summed E-state index contributed by atoms with van der Waals surface area (Å²) in [5, 5.41) is 0. The molecule has 8 nitrogen and oxygen atoms in total. The smallest absolute Gasteiger partial charge is 0.414 e. The average molecular weight is 387 g/mol. The lowest BCUT2D eigenvalue weighted by Gasteiger charge is -2.10. The van der Waals surface area contributed by atoms with Gasteiger partial charge in [0.25, 0.3) is 0 Å². The van der Waals surface area contributed by atoms with E-state index in [-0.39, 0.29) is 12.2 Å². The standard InChI is InChI=1S/C18H17N3O5S/c19-17(18(22)25-15-7-3-1-4-8-15)11-14-12-21(13-20-14)27(23,24)26-16-9-5-2-6-10-16/h1-10,12-13,17H,11,19H2/t17-/m0/s1. The van der Waals surface area contributed by atoms with Gasteiger partial charge in [0.05, 0.1) is 5.69 Å². The van der Waals surface area contributed by atoms with Gasteiger partial charge in [0, 0.05) is 12.6 Å². The first kappa shape index (κ1) is 18.6. The second-order valence-electron chi connectivity index (χ2n) is 5.59. The zero-order chi connectivity index (χ0) is 19.3. The maximum atomic E-state index is 12.3. The first-order chi connectivity index (χ1) is 12.9. The van der Waals surface area contributed by atoms with Crippen molar-refractivity contribution in [1.29, 1.82) is 0 Å². The summed E-state index contributed by atoms with van der Waals surface area (Å²) >= 11 is 0. The van der Waals surface area contributed by atoms with Gasteiger partial charge in [-0.1, -0.05) is 36.4 Å². The van der Waals surface area contributed by atoms with Crippen LogP contribution in [-0.4, -0.2) is 29.4 Å². The van der Waals surface area contributed by atoms with Gasteiger partial charge in [0.15, 0.2) is 0 Å². The van der Waals surface area contributed by atoms with Crippen molar-refractivity contribution < 1.29 is 22.1 Å². The van der Waals surface area contributed by atoms with E-state index in [1.165, 1.54) is 18.3 Å². The molecule has 3 rings (SSSR count). The zero-order valence-corrected chi connectivity index (χ0v) is 15.0. The van der Waals surface area contributed by atoms with Gasteiger partial charge in [0.2, 0.25) is 0 Å². The second-order valence-corrected chi connectivity index (χ2v) is 7.04. The van der Waals surface area contributed by atoms with Crippen molar-refractivity contribution in [3.05, 3.63) is 78.9 Å². The number of carbonyl (C=O) groups is 1. The van der Waals surface area contributed by atoms with Crippen molar-refractivity contribution in [2.45, 2.75) is 12.5 Å². The predicted molar refractivity (Wildman–Crippen MR) is 97.4 cm³/mol. The molecule has 0 aliphatic rings. The van der Waals surface area contributed by atoms with Crippen LogP contribution in [0.5, 0.6) is 11.5 Å². The van der Waals surface area contributed by atoms with Crippen LogP contribution >= 0.6 is 0 Å². The van der Waals surface area contributed by atoms with Crippen LogP contribution in [0.3, 0.4) is 0 Å². The SMILES string of the molecule is N[C@@H](Cc1cn(S(=O)(=O)Oc2ccccc2)cn1)C(=O)Oc1ccccc1. The van der Waals surface area contributed by atoms with Gasteiger partial charge in [-0.2, -0.15) is 8.42 Å². The largest absolute Gasteiger partial charge is 0.425 e. The quantitative estimate of drug-likeness (QED) is 0.483. The van der Waals surface area contributed by atoms with Crippen LogP contribution in [-0.2, 0) is 21.5 Å². The van der Waals surface area contributed by atoms with E-state index in [9.17, 15) is 13.2 Å². The lowest BCUT2D eigenvalue weighted by Crippen LogP contribution is -2.36. The number of esters is 1. The first-order valence-corrected chi connectivity index (χ1v) is 9.36. The number of carbonyl (C=O) groups excluding carboxylic acids is 1. The summed E-state index contributed by atoms with van der Waals surface area (Å²) in [5.41, 5.74) is 6.15. The number of hydrogen-bond donors (Lipinski definition) is 1. The van der Waals surface area contributed by atoms with E-state index in [0.717, 1.165) is 10.3 Å². The van der Waals surface area contributed by atoms with Crippen LogP contribution in [0.25, 0.3) is 0 Å². The summed E-state index contributed by atoms with van der Waals surface area (Å²) in [5.74, 6) is -0.0858. The molecule has 3 aromatic rings. The van der Waals surface area contributed by atoms with Crippen LogP contribution in [0.1, 0.15) is 5.69 Å². The van der Waals surface area contributed by atoms with Crippen molar-refractivity contribution in [1.82, 2.24) is 8.96 Å². The van der Waals surface area contributed by atoms with E-state index in [1.807, 2.05) is 0 Å². The topological polar surface area (TPSA) is 114 Å². The first-order valence-electron chi connectivity index (χ1n) is 7.99. The molecule has 0 spiro atoms. The Balaban J connectivity index is 1.64. The van der Waals surface area contributed by atoms with Crippen molar-refractivity contribution in [3.8, 4) is 11.5 Å². The molecule has 0 aliphatic heterocycles. The minimum Gasteiger partial charge on any atom is -0.425 e. The molecular formula is C18H17N3O5S. The van der Waals surface area contributed by atoms with Gasteiger partial charge < -0.3 is 14.7 Å². The van der Waals surface area contributed by atoms with Crippen molar-refractivity contribution in [3.63, 3.8) is 0 Å². The van der Waals surface area contributed by atoms with Gasteiger partial charge in [0.1, 0.15) is 23.9 Å². The monoisotopic (exact) mass is 387 g/mol. The molecule has 0 amide bonds. The Morgan fingerprint density at radius 3 is 2.26 bits per heavy atom. The lowest BCUT2D eigenvalue weighted by atomic mass is 10.2. The van der Waals surface area contributed by atoms with Gasteiger partial charge in [-0.05, 0) is 24.3 Å². The molecule has 1 aromatic heterocycles. The van der Waals surface area contributed by atoms with E-state index >= 15 is 0 Å². The van der Waals surface area contributed by atoms with Crippen molar-refractivity contribution in [2.75, 3.05) is 0 Å². The number of ether oxygens (including phenoxy) is 1.